The highest BCUT2D eigenvalue weighted by Crippen LogP contribution is 2.45. The van der Waals surface area contributed by atoms with E-state index in [9.17, 15) is 29.1 Å². The minimum atomic E-state index is -1.56. The number of hydrogen-bond acceptors (Lipinski definition) is 10. The number of Topliss-reactive ketones (excluding diaryl/α,β-unsaturated/α-hetero) is 1. The van der Waals surface area contributed by atoms with Crippen LogP contribution >= 0.6 is 0 Å². The van der Waals surface area contributed by atoms with Crippen LogP contribution in [-0.2, 0) is 42.9 Å². The first-order valence-electron chi connectivity index (χ1n) is 11.0. The molecule has 1 N–H and O–H groups in total. The molecular weight excluding hydrogens is 460 g/mol. The first kappa shape index (κ1) is 26.1. The van der Waals surface area contributed by atoms with Crippen LogP contribution in [0.25, 0.3) is 0 Å². The molecule has 0 aromatic carbocycles. The molecule has 0 bridgehead atoms. The van der Waals surface area contributed by atoms with Crippen molar-refractivity contribution < 1.29 is 48.0 Å². The Kier molecular flexibility index (Phi) is 6.90. The van der Waals surface area contributed by atoms with Crippen LogP contribution in [0.1, 0.15) is 53.9 Å². The smallest absolute Gasteiger partial charge is 0.343 e. The summed E-state index contributed by atoms with van der Waals surface area (Å²) < 4.78 is 21.7. The Labute approximate surface area is 202 Å². The number of rotatable bonds is 5. The number of carbonyl (C=O) groups excluding carboxylic acids is 5. The second kappa shape index (κ2) is 9.26. The van der Waals surface area contributed by atoms with E-state index in [0.717, 1.165) is 0 Å². The highest BCUT2D eigenvalue weighted by atomic mass is 16.6. The average molecular weight is 488 g/mol. The van der Waals surface area contributed by atoms with Crippen molar-refractivity contribution in [2.24, 2.45) is 0 Å². The summed E-state index contributed by atoms with van der Waals surface area (Å²) in [5, 5.41) is 11.1. The summed E-state index contributed by atoms with van der Waals surface area (Å²) >= 11 is 0. The van der Waals surface area contributed by atoms with E-state index in [1.54, 1.807) is 6.92 Å². The Hall–Kier alpha value is -3.53. The summed E-state index contributed by atoms with van der Waals surface area (Å²) in [6.45, 7) is 9.99. The Balaban J connectivity index is 2.26. The molecule has 1 aliphatic carbocycles. The molecule has 10 heteroatoms. The summed E-state index contributed by atoms with van der Waals surface area (Å²) in [5.74, 6) is -3.66. The first-order chi connectivity index (χ1) is 16.1. The van der Waals surface area contributed by atoms with Gasteiger partial charge in [-0.25, -0.2) is 14.4 Å². The lowest BCUT2D eigenvalue weighted by Gasteiger charge is -2.34. The van der Waals surface area contributed by atoms with Crippen molar-refractivity contribution in [3.63, 3.8) is 0 Å². The van der Waals surface area contributed by atoms with Crippen LogP contribution < -0.4 is 0 Å². The standard InChI is InChI=1S/C25H28O10/c1-12(2)21(28)33-18-10-25(6)16(19(13(3)26)23(30)35-25)7-8-24(5,31)9-17-20(18)15(22(29)34-17)11-32-14(4)27/h9,18,31H,1,7-8,10-11H2,2-6H3/b17-9+/t18?,24-,25-/m1/s1. The highest BCUT2D eigenvalue weighted by Gasteiger charge is 2.50. The van der Waals surface area contributed by atoms with E-state index in [-0.39, 0.29) is 47.3 Å². The molecule has 1 unspecified atom stereocenters. The van der Waals surface area contributed by atoms with Crippen LogP contribution in [0.15, 0.2) is 46.3 Å². The van der Waals surface area contributed by atoms with Crippen molar-refractivity contribution in [1.82, 2.24) is 0 Å². The van der Waals surface area contributed by atoms with Gasteiger partial charge >= 0.3 is 23.9 Å². The van der Waals surface area contributed by atoms with Crippen molar-refractivity contribution >= 4 is 29.7 Å². The molecule has 0 amide bonds. The maximum atomic E-state index is 12.7. The molecule has 3 rings (SSSR count). The minimum Gasteiger partial charge on any atom is -0.461 e. The minimum absolute atomic E-state index is 0.0613. The van der Waals surface area contributed by atoms with Crippen molar-refractivity contribution in [1.29, 1.82) is 0 Å². The van der Waals surface area contributed by atoms with Crippen LogP contribution in [0.4, 0.5) is 0 Å². The van der Waals surface area contributed by atoms with Crippen molar-refractivity contribution in [2.45, 2.75) is 71.2 Å². The van der Waals surface area contributed by atoms with Gasteiger partial charge in [0, 0.05) is 24.5 Å². The largest absolute Gasteiger partial charge is 0.461 e. The Morgan fingerprint density at radius 3 is 2.40 bits per heavy atom. The lowest BCUT2D eigenvalue weighted by molar-refractivity contribution is -0.152. The summed E-state index contributed by atoms with van der Waals surface area (Å²) in [7, 11) is 0. The van der Waals surface area contributed by atoms with E-state index in [4.69, 9.17) is 18.9 Å². The number of ether oxygens (including phenoxy) is 4. The molecule has 0 spiro atoms. The van der Waals surface area contributed by atoms with Crippen LogP contribution in [0.2, 0.25) is 0 Å². The average Bonchev–Trinajstić information content (AvgIpc) is 3.14. The Bertz CT molecular complexity index is 1130. The fraction of sp³-hybridized carbons (Fsp3) is 0.480. The third-order valence-corrected chi connectivity index (χ3v) is 6.09. The number of ketones is 1. The number of hydrogen-bond donors (Lipinski definition) is 1. The predicted octanol–water partition coefficient (Wildman–Crippen LogP) is 1.91. The van der Waals surface area contributed by atoms with Gasteiger partial charge in [0.1, 0.15) is 29.6 Å². The normalized spacial score (nSPS) is 29.9. The molecule has 35 heavy (non-hydrogen) atoms. The predicted molar refractivity (Wildman–Crippen MR) is 119 cm³/mol. The van der Waals surface area contributed by atoms with E-state index >= 15 is 0 Å². The van der Waals surface area contributed by atoms with Gasteiger partial charge in [-0.2, -0.15) is 0 Å². The fourth-order valence-corrected chi connectivity index (χ4v) is 4.38. The van der Waals surface area contributed by atoms with Crippen LogP contribution in [0.3, 0.4) is 0 Å². The lowest BCUT2D eigenvalue weighted by Crippen LogP contribution is -2.38. The third kappa shape index (κ3) is 5.27. The van der Waals surface area contributed by atoms with E-state index in [1.807, 2.05) is 0 Å². The molecule has 0 saturated carbocycles. The summed E-state index contributed by atoms with van der Waals surface area (Å²) in [6, 6.07) is 0. The quantitative estimate of drug-likeness (QED) is 0.264. The van der Waals surface area contributed by atoms with Gasteiger partial charge in [0.2, 0.25) is 0 Å². The molecule has 3 aliphatic rings. The molecule has 0 saturated heterocycles. The number of aliphatic hydroxyl groups is 1. The zero-order chi connectivity index (χ0) is 26.3. The molecule has 0 radical (unpaired) electrons. The Morgan fingerprint density at radius 1 is 1.17 bits per heavy atom. The van der Waals surface area contributed by atoms with Crippen molar-refractivity contribution in [2.75, 3.05) is 6.61 Å². The van der Waals surface area contributed by atoms with E-state index in [2.05, 4.69) is 6.58 Å². The van der Waals surface area contributed by atoms with Gasteiger partial charge in [-0.3, -0.25) is 9.59 Å². The van der Waals surface area contributed by atoms with Crippen LogP contribution in [0.5, 0.6) is 0 Å². The van der Waals surface area contributed by atoms with E-state index in [0.29, 0.717) is 5.57 Å². The number of esters is 4. The molecule has 188 valence electrons. The molecule has 2 aliphatic heterocycles. The lowest BCUT2D eigenvalue weighted by atomic mass is 9.79. The van der Waals surface area contributed by atoms with Crippen LogP contribution in [-0.4, -0.2) is 58.7 Å². The first-order valence-corrected chi connectivity index (χ1v) is 11.0. The number of carbonyl (C=O) groups is 5. The van der Waals surface area contributed by atoms with Gasteiger partial charge in [-0.15, -0.1) is 0 Å². The van der Waals surface area contributed by atoms with Crippen molar-refractivity contribution in [3.8, 4) is 0 Å². The SMILES string of the molecule is C=C(C)C(=O)OC1C[C@@]2(C)OC(=O)C(C(C)=O)=C2CC[C@@](C)(O)/C=C2/OC(=O)C(COC(C)=O)=C21. The van der Waals surface area contributed by atoms with Gasteiger partial charge in [-0.1, -0.05) is 6.58 Å². The summed E-state index contributed by atoms with van der Waals surface area (Å²) in [5.41, 5.74) is -2.67. The topological polar surface area (TPSA) is 143 Å². The summed E-state index contributed by atoms with van der Waals surface area (Å²) in [4.78, 5) is 61.7. The fourth-order valence-electron chi connectivity index (χ4n) is 4.38. The molecule has 3 atom stereocenters. The molecule has 0 aromatic heterocycles. The van der Waals surface area contributed by atoms with Crippen LogP contribution in [0, 0.1) is 0 Å². The van der Waals surface area contributed by atoms with E-state index < -0.39 is 53.6 Å². The molecule has 0 aromatic rings. The second-order valence-electron chi connectivity index (χ2n) is 9.34. The zero-order valence-corrected chi connectivity index (χ0v) is 20.3. The van der Waals surface area contributed by atoms with Gasteiger partial charge in [0.15, 0.2) is 5.78 Å². The van der Waals surface area contributed by atoms with Gasteiger partial charge < -0.3 is 24.1 Å². The van der Waals surface area contributed by atoms with Gasteiger partial charge in [0.25, 0.3) is 0 Å². The van der Waals surface area contributed by atoms with Crippen molar-refractivity contribution in [3.05, 3.63) is 46.3 Å². The molecule has 0 fully saturated rings. The zero-order valence-electron chi connectivity index (χ0n) is 20.3. The van der Waals surface area contributed by atoms with E-state index in [1.165, 1.54) is 33.8 Å². The second-order valence-corrected chi connectivity index (χ2v) is 9.34. The van der Waals surface area contributed by atoms with Gasteiger partial charge in [0.05, 0.1) is 11.2 Å². The maximum Gasteiger partial charge on any atom is 0.343 e. The molecule has 2 heterocycles. The highest BCUT2D eigenvalue weighted by molar-refractivity contribution is 6.18. The Morgan fingerprint density at radius 2 is 1.83 bits per heavy atom. The monoisotopic (exact) mass is 488 g/mol. The maximum absolute atomic E-state index is 12.7. The third-order valence-electron chi connectivity index (χ3n) is 6.09. The number of fused-ring (bicyclic) bond motifs is 2. The molecule has 10 nitrogen and oxygen atoms in total. The van der Waals surface area contributed by atoms with Gasteiger partial charge in [-0.05, 0) is 52.2 Å². The summed E-state index contributed by atoms with van der Waals surface area (Å²) in [6.07, 6.45) is 0.0725. The molecular formula is C25H28O10.